The van der Waals surface area contributed by atoms with E-state index in [9.17, 15) is 0 Å². The van der Waals surface area contributed by atoms with Crippen LogP contribution in [-0.4, -0.2) is 32.8 Å². The van der Waals surface area contributed by atoms with Gasteiger partial charge in [0.25, 0.3) is 0 Å². The minimum absolute atomic E-state index is 0.397. The number of guanidine groups is 1. The van der Waals surface area contributed by atoms with Crippen LogP contribution in [0.25, 0.3) is 0 Å². The van der Waals surface area contributed by atoms with Crippen molar-refractivity contribution in [1.29, 1.82) is 0 Å². The van der Waals surface area contributed by atoms with E-state index in [1.807, 2.05) is 25.1 Å². The van der Waals surface area contributed by atoms with Crippen molar-refractivity contribution in [1.82, 2.24) is 5.32 Å². The van der Waals surface area contributed by atoms with Crippen molar-refractivity contribution < 1.29 is 9.47 Å². The molecule has 1 aromatic rings. The SMILES string of the molecule is C=CCNC(N)=NCc1ccc(C)cc1OCCOC. The maximum atomic E-state index is 5.74. The molecule has 0 saturated heterocycles. The highest BCUT2D eigenvalue weighted by Crippen LogP contribution is 2.21. The van der Waals surface area contributed by atoms with E-state index in [2.05, 4.69) is 16.9 Å². The first-order chi connectivity index (χ1) is 9.67. The highest BCUT2D eigenvalue weighted by Gasteiger charge is 2.04. The molecule has 20 heavy (non-hydrogen) atoms. The molecule has 0 aliphatic rings. The van der Waals surface area contributed by atoms with E-state index in [1.54, 1.807) is 13.2 Å². The van der Waals surface area contributed by atoms with Gasteiger partial charge in [0.2, 0.25) is 0 Å². The zero-order valence-corrected chi connectivity index (χ0v) is 12.2. The van der Waals surface area contributed by atoms with Gasteiger partial charge >= 0.3 is 0 Å². The third kappa shape index (κ3) is 5.75. The number of aliphatic imine (C=N–C) groups is 1. The van der Waals surface area contributed by atoms with Crippen LogP contribution in [0, 0.1) is 6.92 Å². The summed E-state index contributed by atoms with van der Waals surface area (Å²) in [5, 5.41) is 2.93. The molecular formula is C15H23N3O2. The van der Waals surface area contributed by atoms with Crippen LogP contribution < -0.4 is 15.8 Å². The molecule has 0 aliphatic heterocycles. The molecule has 0 aliphatic carbocycles. The molecule has 3 N–H and O–H groups in total. The van der Waals surface area contributed by atoms with Gasteiger partial charge in [-0.1, -0.05) is 18.2 Å². The van der Waals surface area contributed by atoms with Gasteiger partial charge in [-0.2, -0.15) is 0 Å². The molecule has 5 nitrogen and oxygen atoms in total. The molecule has 0 atom stereocenters. The number of aryl methyl sites for hydroxylation is 1. The highest BCUT2D eigenvalue weighted by atomic mass is 16.5. The molecule has 0 unspecified atom stereocenters. The molecule has 0 bridgehead atoms. The number of rotatable bonds is 8. The van der Waals surface area contributed by atoms with Crippen LogP contribution in [0.5, 0.6) is 5.75 Å². The molecule has 0 spiro atoms. The fourth-order valence-electron chi connectivity index (χ4n) is 1.56. The molecule has 1 aromatic carbocycles. The largest absolute Gasteiger partial charge is 0.491 e. The van der Waals surface area contributed by atoms with Crippen LogP contribution in [0.2, 0.25) is 0 Å². The predicted octanol–water partition coefficient (Wildman–Crippen LogP) is 1.61. The highest BCUT2D eigenvalue weighted by molar-refractivity contribution is 5.77. The van der Waals surface area contributed by atoms with E-state index in [0.29, 0.717) is 32.3 Å². The number of benzene rings is 1. The molecule has 0 fully saturated rings. The average Bonchev–Trinajstić information content (AvgIpc) is 2.44. The molecule has 0 radical (unpaired) electrons. The average molecular weight is 277 g/mol. The first-order valence-corrected chi connectivity index (χ1v) is 6.53. The lowest BCUT2D eigenvalue weighted by Crippen LogP contribution is -2.31. The van der Waals surface area contributed by atoms with Crippen molar-refractivity contribution in [3.05, 3.63) is 42.0 Å². The Balaban J connectivity index is 2.70. The summed E-state index contributed by atoms with van der Waals surface area (Å²) in [7, 11) is 1.65. The molecule has 0 saturated carbocycles. The fraction of sp³-hybridized carbons (Fsp3) is 0.400. The summed E-state index contributed by atoms with van der Waals surface area (Å²) in [5.74, 6) is 1.22. The van der Waals surface area contributed by atoms with Crippen LogP contribution in [0.3, 0.4) is 0 Å². The Labute approximate surface area is 120 Å². The van der Waals surface area contributed by atoms with Crippen LogP contribution in [0.4, 0.5) is 0 Å². The van der Waals surface area contributed by atoms with Gasteiger partial charge in [0.1, 0.15) is 12.4 Å². The van der Waals surface area contributed by atoms with Crippen molar-refractivity contribution in [2.24, 2.45) is 10.7 Å². The lowest BCUT2D eigenvalue weighted by Gasteiger charge is -2.11. The summed E-state index contributed by atoms with van der Waals surface area (Å²) in [6, 6.07) is 6.02. The summed E-state index contributed by atoms with van der Waals surface area (Å²) in [4.78, 5) is 4.27. The number of nitrogens with one attached hydrogen (secondary N) is 1. The van der Waals surface area contributed by atoms with Gasteiger partial charge in [0, 0.05) is 19.2 Å². The number of methoxy groups -OCH3 is 1. The summed E-state index contributed by atoms with van der Waals surface area (Å²) >= 11 is 0. The van der Waals surface area contributed by atoms with Gasteiger partial charge in [-0.3, -0.25) is 0 Å². The normalized spacial score (nSPS) is 11.2. The third-order valence-electron chi connectivity index (χ3n) is 2.61. The monoisotopic (exact) mass is 277 g/mol. The zero-order valence-electron chi connectivity index (χ0n) is 12.2. The standard InChI is InChI=1S/C15H23N3O2/c1-4-7-17-15(16)18-11-13-6-5-12(2)10-14(13)20-9-8-19-3/h4-6,10H,1,7-9,11H2,2-3H3,(H3,16,17,18). The molecule has 1 rings (SSSR count). The minimum Gasteiger partial charge on any atom is -0.491 e. The van der Waals surface area contributed by atoms with Gasteiger partial charge in [-0.15, -0.1) is 6.58 Å². The lowest BCUT2D eigenvalue weighted by atomic mass is 10.1. The van der Waals surface area contributed by atoms with Gasteiger partial charge in [-0.25, -0.2) is 4.99 Å². The first-order valence-electron chi connectivity index (χ1n) is 6.53. The van der Waals surface area contributed by atoms with Crippen LogP contribution >= 0.6 is 0 Å². The predicted molar refractivity (Wildman–Crippen MR) is 82.1 cm³/mol. The Morgan fingerprint density at radius 3 is 2.95 bits per heavy atom. The second kappa shape index (κ2) is 8.98. The van der Waals surface area contributed by atoms with Crippen molar-refractivity contribution in [3.8, 4) is 5.75 Å². The zero-order chi connectivity index (χ0) is 14.8. The minimum atomic E-state index is 0.397. The van der Waals surface area contributed by atoms with Crippen LogP contribution in [0.15, 0.2) is 35.8 Å². The maximum absolute atomic E-state index is 5.74. The number of hydrogen-bond acceptors (Lipinski definition) is 3. The van der Waals surface area contributed by atoms with Crippen molar-refractivity contribution >= 4 is 5.96 Å². The van der Waals surface area contributed by atoms with Gasteiger partial charge < -0.3 is 20.5 Å². The van der Waals surface area contributed by atoms with Crippen LogP contribution in [-0.2, 0) is 11.3 Å². The van der Waals surface area contributed by atoms with Crippen LogP contribution in [0.1, 0.15) is 11.1 Å². The lowest BCUT2D eigenvalue weighted by molar-refractivity contribution is 0.146. The van der Waals surface area contributed by atoms with Crippen molar-refractivity contribution in [2.45, 2.75) is 13.5 Å². The summed E-state index contributed by atoms with van der Waals surface area (Å²) < 4.78 is 10.7. The second-order valence-corrected chi connectivity index (χ2v) is 4.32. The van der Waals surface area contributed by atoms with E-state index in [-0.39, 0.29) is 0 Å². The van der Waals surface area contributed by atoms with E-state index < -0.39 is 0 Å². The third-order valence-corrected chi connectivity index (χ3v) is 2.61. The fourth-order valence-corrected chi connectivity index (χ4v) is 1.56. The summed E-state index contributed by atoms with van der Waals surface area (Å²) in [6.07, 6.45) is 1.73. The Morgan fingerprint density at radius 1 is 1.45 bits per heavy atom. The van der Waals surface area contributed by atoms with Crippen molar-refractivity contribution in [2.75, 3.05) is 26.9 Å². The molecule has 0 aromatic heterocycles. The van der Waals surface area contributed by atoms with E-state index >= 15 is 0 Å². The number of nitrogens with two attached hydrogens (primary N) is 1. The summed E-state index contributed by atoms with van der Waals surface area (Å²) in [6.45, 7) is 7.77. The molecule has 5 heteroatoms. The molecule has 110 valence electrons. The van der Waals surface area contributed by atoms with E-state index in [1.165, 1.54) is 0 Å². The number of hydrogen-bond donors (Lipinski definition) is 2. The molecule has 0 heterocycles. The van der Waals surface area contributed by atoms with Gasteiger partial charge in [0.05, 0.1) is 13.2 Å². The topological polar surface area (TPSA) is 68.9 Å². The summed E-state index contributed by atoms with van der Waals surface area (Å²) in [5.41, 5.74) is 7.88. The molecular weight excluding hydrogens is 254 g/mol. The van der Waals surface area contributed by atoms with E-state index in [4.69, 9.17) is 15.2 Å². The Kier molecular flexibility index (Phi) is 7.21. The van der Waals surface area contributed by atoms with Gasteiger partial charge in [-0.05, 0) is 18.6 Å². The molecule has 0 amide bonds. The Morgan fingerprint density at radius 2 is 2.25 bits per heavy atom. The Bertz CT molecular complexity index is 458. The maximum Gasteiger partial charge on any atom is 0.189 e. The van der Waals surface area contributed by atoms with Crippen molar-refractivity contribution in [3.63, 3.8) is 0 Å². The quantitative estimate of drug-likeness (QED) is 0.328. The smallest absolute Gasteiger partial charge is 0.189 e. The van der Waals surface area contributed by atoms with E-state index in [0.717, 1.165) is 16.9 Å². The number of ether oxygens (including phenoxy) is 2. The number of nitrogens with zero attached hydrogens (tertiary/aromatic N) is 1. The van der Waals surface area contributed by atoms with Gasteiger partial charge in [0.15, 0.2) is 5.96 Å². The second-order valence-electron chi connectivity index (χ2n) is 4.32. The Hall–Kier alpha value is -2.01. The first kappa shape index (κ1) is 16.0.